The third kappa shape index (κ3) is 5.42. The molecule has 0 bridgehead atoms. The van der Waals surface area contributed by atoms with Gasteiger partial charge in [0, 0.05) is 28.7 Å². The zero-order valence-electron chi connectivity index (χ0n) is 18.1. The number of hydrogen-bond donors (Lipinski definition) is 1. The Labute approximate surface area is 213 Å². The summed E-state index contributed by atoms with van der Waals surface area (Å²) in [6, 6.07) is 14.9. The Bertz CT molecular complexity index is 1340. The fourth-order valence-corrected chi connectivity index (χ4v) is 5.49. The molecular formula is C23H22Cl3N5O2S. The maximum atomic E-state index is 11.8. The first kappa shape index (κ1) is 23.6. The molecule has 2 aliphatic rings. The largest absolute Gasteiger partial charge is 0.301 e. The van der Waals surface area contributed by atoms with Crippen molar-refractivity contribution in [3.63, 3.8) is 0 Å². The molecule has 3 aromatic rings. The fourth-order valence-electron chi connectivity index (χ4n) is 3.67. The highest BCUT2D eigenvalue weighted by Gasteiger charge is 2.27. The van der Waals surface area contributed by atoms with Gasteiger partial charge in [-0.05, 0) is 49.2 Å². The van der Waals surface area contributed by atoms with Crippen LogP contribution in [0.25, 0.3) is 16.9 Å². The lowest BCUT2D eigenvalue weighted by atomic mass is 10.1. The van der Waals surface area contributed by atoms with E-state index in [9.17, 15) is 8.42 Å². The average Bonchev–Trinajstić information content (AvgIpc) is 3.51. The molecule has 1 aliphatic heterocycles. The molecule has 2 fully saturated rings. The van der Waals surface area contributed by atoms with Gasteiger partial charge in [0.2, 0.25) is 0 Å². The predicted molar refractivity (Wildman–Crippen MR) is 137 cm³/mol. The minimum absolute atomic E-state index is 0.113. The van der Waals surface area contributed by atoms with Crippen molar-refractivity contribution in [2.45, 2.75) is 18.9 Å². The van der Waals surface area contributed by atoms with Gasteiger partial charge in [-0.25, -0.2) is 18.1 Å². The van der Waals surface area contributed by atoms with Crippen molar-refractivity contribution in [2.24, 2.45) is 4.99 Å². The van der Waals surface area contributed by atoms with Crippen molar-refractivity contribution in [2.75, 3.05) is 24.6 Å². The molecule has 1 N–H and O–H groups in total. The quantitative estimate of drug-likeness (QED) is 0.378. The number of aliphatic imine (C=N–C) groups is 1. The SMILES string of the molecule is O=S1(=O)CCN(NC(=NC2CC2)c2cc(-c3ccc(Cl)cc3)n(-c3ccc(Cl)cc3Cl)n2)CC1. The van der Waals surface area contributed by atoms with Gasteiger partial charge in [-0.2, -0.15) is 5.10 Å². The third-order valence-corrected chi connectivity index (χ3v) is 8.10. The number of hydrogen-bond acceptors (Lipinski definition) is 5. The third-order valence-electron chi connectivity index (χ3n) is 5.70. The van der Waals surface area contributed by atoms with Crippen molar-refractivity contribution in [1.82, 2.24) is 20.2 Å². The number of nitrogens with zero attached hydrogens (tertiary/aromatic N) is 4. The Balaban J connectivity index is 1.56. The zero-order chi connectivity index (χ0) is 23.9. The Morgan fingerprint density at radius 2 is 1.65 bits per heavy atom. The number of hydrazine groups is 1. The van der Waals surface area contributed by atoms with Crippen LogP contribution >= 0.6 is 34.8 Å². The molecule has 11 heteroatoms. The normalized spacial score (nSPS) is 18.7. The highest BCUT2D eigenvalue weighted by Crippen LogP contribution is 2.31. The van der Waals surface area contributed by atoms with E-state index in [0.717, 1.165) is 24.1 Å². The first-order valence-corrected chi connectivity index (χ1v) is 13.8. The number of rotatable bonds is 5. The van der Waals surface area contributed by atoms with Crippen LogP contribution in [0, 0.1) is 0 Å². The molecule has 7 nitrogen and oxygen atoms in total. The summed E-state index contributed by atoms with van der Waals surface area (Å²) in [6.45, 7) is 0.777. The molecular weight excluding hydrogens is 517 g/mol. The molecule has 0 spiro atoms. The molecule has 0 unspecified atom stereocenters. The van der Waals surface area contributed by atoms with E-state index in [-0.39, 0.29) is 17.5 Å². The standard InChI is InChI=1S/C23H22Cl3N5O2S/c24-16-3-1-15(2-4-16)22-14-20(28-31(22)21-8-5-17(25)13-19(21)26)23(27-18-6-7-18)29-30-9-11-34(32,33)12-10-30/h1-5,8,13-14,18H,6-7,9-12H2,(H,27,29). The van der Waals surface area contributed by atoms with E-state index in [4.69, 9.17) is 44.9 Å². The van der Waals surface area contributed by atoms with Crippen LogP contribution in [0.3, 0.4) is 0 Å². The second kappa shape index (κ2) is 9.51. The van der Waals surface area contributed by atoms with Gasteiger partial charge in [0.25, 0.3) is 0 Å². The van der Waals surface area contributed by atoms with Crippen molar-refractivity contribution in [3.8, 4) is 16.9 Å². The summed E-state index contributed by atoms with van der Waals surface area (Å²) in [5.41, 5.74) is 6.35. The van der Waals surface area contributed by atoms with Gasteiger partial charge < -0.3 is 5.43 Å². The van der Waals surface area contributed by atoms with Crippen LogP contribution < -0.4 is 5.43 Å². The van der Waals surface area contributed by atoms with E-state index in [2.05, 4.69) is 5.43 Å². The zero-order valence-corrected chi connectivity index (χ0v) is 21.2. The maximum Gasteiger partial charge on any atom is 0.164 e. The number of sulfone groups is 1. The maximum absolute atomic E-state index is 11.8. The monoisotopic (exact) mass is 537 g/mol. The lowest BCUT2D eigenvalue weighted by Gasteiger charge is -2.28. The van der Waals surface area contributed by atoms with Gasteiger partial charge >= 0.3 is 0 Å². The molecule has 0 atom stereocenters. The molecule has 34 heavy (non-hydrogen) atoms. The Kier molecular flexibility index (Phi) is 6.61. The molecule has 2 aromatic carbocycles. The van der Waals surface area contributed by atoms with Crippen molar-refractivity contribution < 1.29 is 8.42 Å². The van der Waals surface area contributed by atoms with E-state index < -0.39 is 9.84 Å². The number of benzene rings is 2. The lowest BCUT2D eigenvalue weighted by molar-refractivity contribution is 0.255. The number of amidine groups is 1. The molecule has 0 radical (unpaired) electrons. The molecule has 5 rings (SSSR count). The summed E-state index contributed by atoms with van der Waals surface area (Å²) in [5.74, 6) is 0.837. The van der Waals surface area contributed by atoms with Gasteiger partial charge in [0.15, 0.2) is 15.7 Å². The molecule has 1 saturated carbocycles. The predicted octanol–water partition coefficient (Wildman–Crippen LogP) is 4.64. The smallest absolute Gasteiger partial charge is 0.164 e. The summed E-state index contributed by atoms with van der Waals surface area (Å²) < 4.78 is 25.5. The van der Waals surface area contributed by atoms with Gasteiger partial charge in [0.05, 0.1) is 34.0 Å². The van der Waals surface area contributed by atoms with Crippen LogP contribution in [0.15, 0.2) is 53.5 Å². The Hall–Kier alpha value is -2.10. The van der Waals surface area contributed by atoms with Crippen LogP contribution in [0.1, 0.15) is 18.5 Å². The highest BCUT2D eigenvalue weighted by molar-refractivity contribution is 7.91. The van der Waals surface area contributed by atoms with Crippen molar-refractivity contribution in [1.29, 1.82) is 0 Å². The lowest BCUT2D eigenvalue weighted by Crippen LogP contribution is -2.50. The van der Waals surface area contributed by atoms with E-state index in [0.29, 0.717) is 45.4 Å². The van der Waals surface area contributed by atoms with Gasteiger partial charge in [-0.15, -0.1) is 0 Å². The second-order valence-electron chi connectivity index (χ2n) is 8.39. The molecule has 1 aliphatic carbocycles. The van der Waals surface area contributed by atoms with Crippen LogP contribution in [-0.4, -0.2) is 59.7 Å². The Morgan fingerprint density at radius 3 is 2.29 bits per heavy atom. The van der Waals surface area contributed by atoms with Gasteiger partial charge in [-0.1, -0.05) is 46.9 Å². The average molecular weight is 539 g/mol. The van der Waals surface area contributed by atoms with Crippen LogP contribution in [0.4, 0.5) is 0 Å². The van der Waals surface area contributed by atoms with Crippen LogP contribution in [-0.2, 0) is 9.84 Å². The van der Waals surface area contributed by atoms with Gasteiger partial charge in [0.1, 0.15) is 5.69 Å². The molecule has 2 heterocycles. The summed E-state index contributed by atoms with van der Waals surface area (Å²) in [4.78, 5) is 4.84. The van der Waals surface area contributed by atoms with E-state index in [1.807, 2.05) is 41.4 Å². The van der Waals surface area contributed by atoms with Crippen LogP contribution in [0.5, 0.6) is 0 Å². The fraction of sp³-hybridized carbons (Fsp3) is 0.304. The number of nitrogens with one attached hydrogen (secondary N) is 1. The molecule has 1 aromatic heterocycles. The summed E-state index contributed by atoms with van der Waals surface area (Å²) in [7, 11) is -2.99. The molecule has 178 valence electrons. The van der Waals surface area contributed by atoms with Crippen molar-refractivity contribution >= 4 is 50.5 Å². The van der Waals surface area contributed by atoms with Gasteiger partial charge in [-0.3, -0.25) is 4.99 Å². The second-order valence-corrected chi connectivity index (χ2v) is 12.0. The van der Waals surface area contributed by atoms with Crippen LogP contribution in [0.2, 0.25) is 15.1 Å². The van der Waals surface area contributed by atoms with E-state index in [1.54, 1.807) is 16.8 Å². The summed E-state index contributed by atoms with van der Waals surface area (Å²) >= 11 is 18.8. The first-order valence-electron chi connectivity index (χ1n) is 10.9. The summed E-state index contributed by atoms with van der Waals surface area (Å²) in [6.07, 6.45) is 2.04. The molecule has 0 amide bonds. The topological polar surface area (TPSA) is 79.6 Å². The van der Waals surface area contributed by atoms with E-state index >= 15 is 0 Å². The van der Waals surface area contributed by atoms with Crippen molar-refractivity contribution in [3.05, 3.63) is 69.3 Å². The first-order chi connectivity index (χ1) is 16.3. The minimum atomic E-state index is -2.99. The number of halogens is 3. The number of aromatic nitrogens is 2. The molecule has 1 saturated heterocycles. The summed E-state index contributed by atoms with van der Waals surface area (Å²) in [5, 5.41) is 8.39. The van der Waals surface area contributed by atoms with E-state index in [1.165, 1.54) is 0 Å². The Morgan fingerprint density at radius 1 is 0.971 bits per heavy atom. The highest BCUT2D eigenvalue weighted by atomic mass is 35.5. The minimum Gasteiger partial charge on any atom is -0.301 e.